The third-order valence-corrected chi connectivity index (χ3v) is 0.720. The van der Waals surface area contributed by atoms with E-state index >= 15 is 0 Å². The van der Waals surface area contributed by atoms with Crippen molar-refractivity contribution in [2.24, 2.45) is 0 Å². The van der Waals surface area contributed by atoms with Gasteiger partial charge in [0.25, 0.3) is 0 Å². The van der Waals surface area contributed by atoms with Crippen LogP contribution in [0.4, 0.5) is 0 Å². The minimum atomic E-state index is 0.0838. The predicted octanol–water partition coefficient (Wildman–Crippen LogP) is 0.948. The van der Waals surface area contributed by atoms with E-state index in [2.05, 4.69) is 11.8 Å². The molecule has 0 bridgehead atoms. The van der Waals surface area contributed by atoms with E-state index in [-0.39, 0.29) is 6.61 Å². The minimum absolute atomic E-state index is 0.0838. The van der Waals surface area contributed by atoms with E-state index in [1.54, 1.807) is 13.0 Å². The number of rotatable bonds is 1. The van der Waals surface area contributed by atoms with Crippen molar-refractivity contribution in [1.82, 2.24) is 0 Å². The van der Waals surface area contributed by atoms with Crippen molar-refractivity contribution < 1.29 is 5.11 Å². The lowest BCUT2D eigenvalue weighted by Crippen LogP contribution is -1.74. The van der Waals surface area contributed by atoms with Crippen LogP contribution in [-0.4, -0.2) is 11.7 Å². The normalized spacial score (nSPS) is 10.1. The van der Waals surface area contributed by atoms with Gasteiger partial charge in [0.1, 0.15) is 0 Å². The van der Waals surface area contributed by atoms with E-state index in [1.807, 2.05) is 6.92 Å². The Morgan fingerprint density at radius 2 is 2.38 bits per heavy atom. The molecular formula is C7H10O. The van der Waals surface area contributed by atoms with Gasteiger partial charge in [-0.2, -0.15) is 0 Å². The van der Waals surface area contributed by atoms with Crippen molar-refractivity contribution >= 4 is 0 Å². The third-order valence-electron chi connectivity index (χ3n) is 0.720. The first-order valence-corrected chi connectivity index (χ1v) is 2.51. The molecule has 0 spiro atoms. The highest BCUT2D eigenvalue weighted by molar-refractivity contribution is 5.25. The predicted molar refractivity (Wildman–Crippen MR) is 34.3 cm³/mol. The number of hydrogen-bond acceptors (Lipinski definition) is 1. The lowest BCUT2D eigenvalue weighted by Gasteiger charge is -1.81. The standard InChI is InChI=1S/C7H10O/c1-3-4-7(2)5-6-8/h5,8H,6H2,1-2H3/b7-5+. The van der Waals surface area contributed by atoms with E-state index < -0.39 is 0 Å². The summed E-state index contributed by atoms with van der Waals surface area (Å²) in [6.07, 6.45) is 1.68. The Kier molecular flexibility index (Phi) is 4.01. The molecule has 0 saturated heterocycles. The highest BCUT2D eigenvalue weighted by atomic mass is 16.2. The lowest BCUT2D eigenvalue weighted by atomic mass is 10.3. The SMILES string of the molecule is CC#C/C(C)=C/CO. The Morgan fingerprint density at radius 1 is 1.75 bits per heavy atom. The van der Waals surface area contributed by atoms with Gasteiger partial charge in [0.2, 0.25) is 0 Å². The van der Waals surface area contributed by atoms with Crippen molar-refractivity contribution in [3.05, 3.63) is 11.6 Å². The molecule has 0 aromatic rings. The highest BCUT2D eigenvalue weighted by Gasteiger charge is 1.74. The van der Waals surface area contributed by atoms with Crippen LogP contribution in [0.15, 0.2) is 11.6 Å². The lowest BCUT2D eigenvalue weighted by molar-refractivity contribution is 0.342. The summed E-state index contributed by atoms with van der Waals surface area (Å²) in [5, 5.41) is 8.32. The molecule has 0 fully saturated rings. The van der Waals surface area contributed by atoms with Crippen LogP contribution in [0.25, 0.3) is 0 Å². The van der Waals surface area contributed by atoms with E-state index in [0.717, 1.165) is 5.57 Å². The van der Waals surface area contributed by atoms with Gasteiger partial charge in [-0.15, -0.1) is 5.92 Å². The van der Waals surface area contributed by atoms with Crippen LogP contribution in [0.5, 0.6) is 0 Å². The zero-order chi connectivity index (χ0) is 6.41. The number of hydrogen-bond donors (Lipinski definition) is 1. The zero-order valence-corrected chi connectivity index (χ0v) is 5.23. The Labute approximate surface area is 50.0 Å². The number of aliphatic hydroxyl groups is 1. The molecule has 0 aliphatic rings. The van der Waals surface area contributed by atoms with Crippen LogP contribution in [0.3, 0.4) is 0 Å². The van der Waals surface area contributed by atoms with Crippen LogP contribution >= 0.6 is 0 Å². The first kappa shape index (κ1) is 7.26. The smallest absolute Gasteiger partial charge is 0.0624 e. The van der Waals surface area contributed by atoms with Crippen LogP contribution in [-0.2, 0) is 0 Å². The van der Waals surface area contributed by atoms with Crippen molar-refractivity contribution in [2.45, 2.75) is 13.8 Å². The summed E-state index contributed by atoms with van der Waals surface area (Å²) in [5.74, 6) is 5.52. The molecule has 0 aliphatic heterocycles. The van der Waals surface area contributed by atoms with Gasteiger partial charge in [0.05, 0.1) is 6.61 Å². The number of aliphatic hydroxyl groups excluding tert-OH is 1. The topological polar surface area (TPSA) is 20.2 Å². The molecule has 8 heavy (non-hydrogen) atoms. The average Bonchev–Trinajstić information content (AvgIpc) is 1.68. The van der Waals surface area contributed by atoms with Gasteiger partial charge in [0, 0.05) is 0 Å². The first-order valence-electron chi connectivity index (χ1n) is 2.51. The molecule has 1 nitrogen and oxygen atoms in total. The summed E-state index contributed by atoms with van der Waals surface area (Å²) in [6, 6.07) is 0. The molecule has 1 N–H and O–H groups in total. The molecule has 0 rings (SSSR count). The number of allylic oxidation sites excluding steroid dienone is 1. The van der Waals surface area contributed by atoms with Gasteiger partial charge in [-0.25, -0.2) is 0 Å². The summed E-state index contributed by atoms with van der Waals surface area (Å²) in [7, 11) is 0. The molecule has 0 aromatic carbocycles. The largest absolute Gasteiger partial charge is 0.392 e. The van der Waals surface area contributed by atoms with Gasteiger partial charge < -0.3 is 5.11 Å². The monoisotopic (exact) mass is 110 g/mol. The van der Waals surface area contributed by atoms with Gasteiger partial charge in [-0.1, -0.05) is 5.92 Å². The van der Waals surface area contributed by atoms with E-state index in [0.29, 0.717) is 0 Å². The maximum atomic E-state index is 8.32. The van der Waals surface area contributed by atoms with Crippen molar-refractivity contribution in [3.8, 4) is 11.8 Å². The summed E-state index contributed by atoms with van der Waals surface area (Å²) >= 11 is 0. The molecule has 0 amide bonds. The van der Waals surface area contributed by atoms with Crippen LogP contribution in [0, 0.1) is 11.8 Å². The van der Waals surface area contributed by atoms with E-state index in [9.17, 15) is 0 Å². The Hall–Kier alpha value is -0.740. The van der Waals surface area contributed by atoms with E-state index in [1.165, 1.54) is 0 Å². The molecule has 0 heterocycles. The van der Waals surface area contributed by atoms with Crippen LogP contribution in [0.1, 0.15) is 13.8 Å². The quantitative estimate of drug-likeness (QED) is 0.498. The maximum absolute atomic E-state index is 8.32. The minimum Gasteiger partial charge on any atom is -0.392 e. The average molecular weight is 110 g/mol. The summed E-state index contributed by atoms with van der Waals surface area (Å²) in [6.45, 7) is 3.72. The Morgan fingerprint density at radius 3 is 2.75 bits per heavy atom. The summed E-state index contributed by atoms with van der Waals surface area (Å²) in [5.41, 5.74) is 0.926. The molecule has 0 saturated carbocycles. The molecule has 0 aliphatic carbocycles. The second kappa shape index (κ2) is 4.42. The molecular weight excluding hydrogens is 100 g/mol. The Bertz CT molecular complexity index is 134. The first-order chi connectivity index (χ1) is 3.81. The zero-order valence-electron chi connectivity index (χ0n) is 5.23. The molecule has 0 atom stereocenters. The fourth-order valence-electron chi connectivity index (χ4n) is 0.385. The van der Waals surface area contributed by atoms with Gasteiger partial charge in [-0.3, -0.25) is 0 Å². The van der Waals surface area contributed by atoms with Crippen molar-refractivity contribution in [3.63, 3.8) is 0 Å². The second-order valence-corrected chi connectivity index (χ2v) is 1.44. The van der Waals surface area contributed by atoms with Crippen LogP contribution in [0.2, 0.25) is 0 Å². The van der Waals surface area contributed by atoms with Gasteiger partial charge >= 0.3 is 0 Å². The molecule has 44 valence electrons. The maximum Gasteiger partial charge on any atom is 0.0624 e. The molecule has 0 unspecified atom stereocenters. The van der Waals surface area contributed by atoms with Crippen LogP contribution < -0.4 is 0 Å². The van der Waals surface area contributed by atoms with Gasteiger partial charge in [-0.05, 0) is 25.5 Å². The van der Waals surface area contributed by atoms with E-state index in [4.69, 9.17) is 5.11 Å². The fraction of sp³-hybridized carbons (Fsp3) is 0.429. The highest BCUT2D eigenvalue weighted by Crippen LogP contribution is 1.85. The molecule has 1 heteroatoms. The molecule has 0 aromatic heterocycles. The van der Waals surface area contributed by atoms with Gasteiger partial charge in [0.15, 0.2) is 0 Å². The fourth-order valence-corrected chi connectivity index (χ4v) is 0.385. The summed E-state index contributed by atoms with van der Waals surface area (Å²) in [4.78, 5) is 0. The van der Waals surface area contributed by atoms with Crippen molar-refractivity contribution in [2.75, 3.05) is 6.61 Å². The second-order valence-electron chi connectivity index (χ2n) is 1.44. The summed E-state index contributed by atoms with van der Waals surface area (Å²) < 4.78 is 0. The third kappa shape index (κ3) is 3.45. The Balaban J connectivity index is 3.74. The van der Waals surface area contributed by atoms with Crippen molar-refractivity contribution in [1.29, 1.82) is 0 Å². The molecule has 0 radical (unpaired) electrons.